The van der Waals surface area contributed by atoms with Gasteiger partial charge in [0.1, 0.15) is 0 Å². The van der Waals surface area contributed by atoms with Gasteiger partial charge in [-0.25, -0.2) is 0 Å². The van der Waals surface area contributed by atoms with Crippen LogP contribution in [-0.2, 0) is 0 Å². The minimum Gasteiger partial charge on any atom is -0.0767 e. The minimum atomic E-state index is 0.0930. The summed E-state index contributed by atoms with van der Waals surface area (Å²) in [5.41, 5.74) is 9.62. The van der Waals surface area contributed by atoms with E-state index in [9.17, 15) is 0 Å². The van der Waals surface area contributed by atoms with E-state index in [4.69, 9.17) is 0 Å². The first-order valence-electron chi connectivity index (χ1n) is 14.6. The summed E-state index contributed by atoms with van der Waals surface area (Å²) in [6.45, 7) is 6.99. The molecule has 4 aliphatic rings. The second-order valence-corrected chi connectivity index (χ2v) is 12.5. The fraction of sp³-hybridized carbons (Fsp3) is 0.200. The standard InChI is InChI=1S/C40H36/c1-40(2,3)33-22-23-36-37(26-33)39(32-21-20-28-14-7-8-15-29(28)25-32)35-19-10-9-18-34(35)38(36)31-17-11-16-30(24-31)27-12-5-4-6-13-27/h4-26,28-29,36-37H,1-3H3. The van der Waals surface area contributed by atoms with Gasteiger partial charge in [0.25, 0.3) is 0 Å². The van der Waals surface area contributed by atoms with Crippen molar-refractivity contribution in [2.75, 3.05) is 0 Å². The Morgan fingerprint density at radius 1 is 0.525 bits per heavy atom. The monoisotopic (exact) mass is 516 g/mol. The van der Waals surface area contributed by atoms with Gasteiger partial charge in [0.15, 0.2) is 0 Å². The topological polar surface area (TPSA) is 0 Å². The Morgan fingerprint density at radius 2 is 1.20 bits per heavy atom. The molecule has 4 unspecified atom stereocenters. The fourth-order valence-corrected chi connectivity index (χ4v) is 6.88. The van der Waals surface area contributed by atoms with Crippen LogP contribution >= 0.6 is 0 Å². The molecule has 0 bridgehead atoms. The molecular formula is C40H36. The zero-order valence-corrected chi connectivity index (χ0v) is 23.6. The van der Waals surface area contributed by atoms with Crippen molar-refractivity contribution in [1.29, 1.82) is 0 Å². The molecule has 0 spiro atoms. The summed E-state index contributed by atoms with van der Waals surface area (Å²) in [7, 11) is 0. The van der Waals surface area contributed by atoms with Crippen LogP contribution < -0.4 is 10.4 Å². The average Bonchev–Trinajstić information content (AvgIpc) is 2.99. The lowest BCUT2D eigenvalue weighted by Crippen LogP contribution is -2.41. The molecule has 0 aromatic heterocycles. The van der Waals surface area contributed by atoms with E-state index in [0.717, 1.165) is 0 Å². The highest BCUT2D eigenvalue weighted by atomic mass is 14.4. The maximum Gasteiger partial charge on any atom is 0.0140 e. The maximum absolute atomic E-state index is 2.58. The second-order valence-electron chi connectivity index (χ2n) is 12.5. The van der Waals surface area contributed by atoms with Crippen molar-refractivity contribution >= 4 is 11.1 Å². The van der Waals surface area contributed by atoms with Crippen LogP contribution in [0, 0.1) is 29.1 Å². The summed E-state index contributed by atoms with van der Waals surface area (Å²) >= 11 is 0. The number of fused-ring (bicyclic) bond motifs is 3. The number of allylic oxidation sites excluding steroid dienone is 12. The summed E-state index contributed by atoms with van der Waals surface area (Å²) in [6.07, 6.45) is 23.8. The smallest absolute Gasteiger partial charge is 0.0140 e. The Bertz CT molecular complexity index is 1780. The van der Waals surface area contributed by atoms with Crippen molar-refractivity contribution in [3.05, 3.63) is 167 Å². The van der Waals surface area contributed by atoms with Crippen molar-refractivity contribution in [1.82, 2.24) is 0 Å². The Labute approximate surface area is 238 Å². The molecule has 0 nitrogen and oxygen atoms in total. The maximum atomic E-state index is 2.58. The lowest BCUT2D eigenvalue weighted by atomic mass is 9.66. The molecule has 0 N–H and O–H groups in total. The quantitative estimate of drug-likeness (QED) is 0.328. The number of hydrogen-bond acceptors (Lipinski definition) is 0. The highest BCUT2D eigenvalue weighted by Crippen LogP contribution is 2.46. The summed E-state index contributed by atoms with van der Waals surface area (Å²) in [5, 5.41) is 2.73. The molecule has 0 heterocycles. The van der Waals surface area contributed by atoms with Crippen LogP contribution in [0.3, 0.4) is 0 Å². The molecule has 3 aromatic rings. The number of rotatable bonds is 3. The van der Waals surface area contributed by atoms with Gasteiger partial charge < -0.3 is 0 Å². The van der Waals surface area contributed by atoms with Crippen LogP contribution in [-0.4, -0.2) is 0 Å². The fourth-order valence-electron chi connectivity index (χ4n) is 6.88. The van der Waals surface area contributed by atoms with Crippen molar-refractivity contribution in [2.24, 2.45) is 29.1 Å². The lowest BCUT2D eigenvalue weighted by molar-refractivity contribution is 0.502. The molecule has 0 aliphatic heterocycles. The van der Waals surface area contributed by atoms with Gasteiger partial charge in [0, 0.05) is 23.7 Å². The van der Waals surface area contributed by atoms with Crippen LogP contribution in [0.5, 0.6) is 0 Å². The van der Waals surface area contributed by atoms with E-state index in [-0.39, 0.29) is 17.3 Å². The third-order valence-corrected chi connectivity index (χ3v) is 8.95. The summed E-state index contributed by atoms with van der Waals surface area (Å²) in [6, 6.07) is 29.0. The molecule has 3 aromatic carbocycles. The van der Waals surface area contributed by atoms with Gasteiger partial charge in [-0.2, -0.15) is 0 Å². The molecule has 4 aliphatic carbocycles. The van der Waals surface area contributed by atoms with Gasteiger partial charge in [0.2, 0.25) is 0 Å². The van der Waals surface area contributed by atoms with Crippen LogP contribution in [0.4, 0.5) is 0 Å². The van der Waals surface area contributed by atoms with Crippen LogP contribution in [0.2, 0.25) is 0 Å². The average molecular weight is 517 g/mol. The third kappa shape index (κ3) is 4.33. The largest absolute Gasteiger partial charge is 0.0767 e. The van der Waals surface area contributed by atoms with Crippen LogP contribution in [0.25, 0.3) is 22.3 Å². The molecule has 40 heavy (non-hydrogen) atoms. The normalized spacial score (nSPS) is 24.7. The zero-order valence-electron chi connectivity index (χ0n) is 23.6. The third-order valence-electron chi connectivity index (χ3n) is 8.95. The van der Waals surface area contributed by atoms with Gasteiger partial charge in [0.05, 0.1) is 0 Å². The van der Waals surface area contributed by atoms with E-state index in [1.165, 1.54) is 49.4 Å². The predicted octanol–water partition coefficient (Wildman–Crippen LogP) is 8.35. The van der Waals surface area contributed by atoms with Gasteiger partial charge >= 0.3 is 0 Å². The van der Waals surface area contributed by atoms with E-state index in [0.29, 0.717) is 11.8 Å². The molecule has 0 saturated heterocycles. The van der Waals surface area contributed by atoms with Gasteiger partial charge in [-0.1, -0.05) is 154 Å². The van der Waals surface area contributed by atoms with E-state index in [1.54, 1.807) is 0 Å². The SMILES string of the molecule is CC(C)(C)C1=CC2C(C3=CC4C=CC=CC4C=C3)=c3ccccc3=C(c3cccc(-c4ccccc4)c3)C2C=C1. The summed E-state index contributed by atoms with van der Waals surface area (Å²) < 4.78 is 0. The highest BCUT2D eigenvalue weighted by molar-refractivity contribution is 5.84. The second kappa shape index (κ2) is 9.79. The Morgan fingerprint density at radius 3 is 1.98 bits per heavy atom. The first-order chi connectivity index (χ1) is 19.5. The summed E-state index contributed by atoms with van der Waals surface area (Å²) in [4.78, 5) is 0. The van der Waals surface area contributed by atoms with Crippen LogP contribution in [0.1, 0.15) is 26.3 Å². The molecular weight excluding hydrogens is 480 g/mol. The Balaban J connectivity index is 1.49. The Hall–Kier alpha value is -4.16. The minimum absolute atomic E-state index is 0.0930. The first-order valence-corrected chi connectivity index (χ1v) is 14.6. The van der Waals surface area contributed by atoms with E-state index in [2.05, 4.69) is 160 Å². The van der Waals surface area contributed by atoms with E-state index in [1.807, 2.05) is 0 Å². The van der Waals surface area contributed by atoms with E-state index < -0.39 is 0 Å². The molecule has 196 valence electrons. The molecule has 0 heteroatoms. The number of benzene rings is 3. The molecule has 7 rings (SSSR count). The van der Waals surface area contributed by atoms with Gasteiger partial charge in [-0.05, 0) is 60.9 Å². The molecule has 0 saturated carbocycles. The van der Waals surface area contributed by atoms with Crippen molar-refractivity contribution < 1.29 is 0 Å². The van der Waals surface area contributed by atoms with Crippen LogP contribution in [0.15, 0.2) is 151 Å². The van der Waals surface area contributed by atoms with Crippen molar-refractivity contribution in [2.45, 2.75) is 20.8 Å². The predicted molar refractivity (Wildman–Crippen MR) is 170 cm³/mol. The molecule has 0 amide bonds. The van der Waals surface area contributed by atoms with Crippen molar-refractivity contribution in [3.8, 4) is 11.1 Å². The lowest BCUT2D eigenvalue weighted by Gasteiger charge is -2.38. The van der Waals surface area contributed by atoms with Gasteiger partial charge in [-0.15, -0.1) is 0 Å². The van der Waals surface area contributed by atoms with E-state index >= 15 is 0 Å². The van der Waals surface area contributed by atoms with Crippen molar-refractivity contribution in [3.63, 3.8) is 0 Å². The Kier molecular flexibility index (Phi) is 6.08. The van der Waals surface area contributed by atoms with Gasteiger partial charge in [-0.3, -0.25) is 0 Å². The molecule has 4 atom stereocenters. The first kappa shape index (κ1) is 24.9. The number of hydrogen-bond donors (Lipinski definition) is 0. The molecule has 0 radical (unpaired) electrons. The molecule has 0 fully saturated rings. The summed E-state index contributed by atoms with van der Waals surface area (Å²) in [5.74, 6) is 1.43. The highest BCUT2D eigenvalue weighted by Gasteiger charge is 2.35. The zero-order chi connectivity index (χ0) is 27.3.